The topological polar surface area (TPSA) is 79.8 Å². The van der Waals surface area contributed by atoms with Gasteiger partial charge in [0.2, 0.25) is 5.91 Å². The summed E-state index contributed by atoms with van der Waals surface area (Å²) in [7, 11) is 0. The van der Waals surface area contributed by atoms with Gasteiger partial charge in [0, 0.05) is 16.6 Å². The van der Waals surface area contributed by atoms with E-state index in [9.17, 15) is 14.0 Å². The fourth-order valence-corrected chi connectivity index (χ4v) is 3.50. The number of amides is 1. The van der Waals surface area contributed by atoms with Gasteiger partial charge in [-0.25, -0.2) is 4.39 Å². The number of anilines is 1. The Hall–Kier alpha value is -2.74. The monoisotopic (exact) mass is 374 g/mol. The minimum absolute atomic E-state index is 0.139. The molecular formula is C18H19FN4O2S. The van der Waals surface area contributed by atoms with E-state index in [4.69, 9.17) is 0 Å². The Morgan fingerprint density at radius 2 is 2.04 bits per heavy atom. The van der Waals surface area contributed by atoms with Crippen molar-refractivity contribution in [3.8, 4) is 11.3 Å². The summed E-state index contributed by atoms with van der Waals surface area (Å²) in [6.45, 7) is 5.70. The van der Waals surface area contributed by atoms with Crippen LogP contribution in [0.15, 0.2) is 35.1 Å². The number of H-pyrrole nitrogens is 1. The van der Waals surface area contributed by atoms with Gasteiger partial charge in [0.15, 0.2) is 5.82 Å². The van der Waals surface area contributed by atoms with Crippen LogP contribution in [0.1, 0.15) is 30.3 Å². The molecule has 1 amide bonds. The number of hydrogen-bond acceptors (Lipinski definition) is 4. The maximum atomic E-state index is 13.2. The molecule has 8 heteroatoms. The Labute approximate surface area is 153 Å². The molecule has 0 saturated carbocycles. The molecule has 2 aromatic heterocycles. The second kappa shape index (κ2) is 7.25. The number of benzene rings is 1. The normalized spacial score (nSPS) is 11.1. The highest BCUT2D eigenvalue weighted by molar-refractivity contribution is 7.09. The number of nitrogens with one attached hydrogen (secondary N) is 2. The summed E-state index contributed by atoms with van der Waals surface area (Å²) in [4.78, 5) is 25.2. The van der Waals surface area contributed by atoms with Crippen molar-refractivity contribution in [3.63, 3.8) is 0 Å². The summed E-state index contributed by atoms with van der Waals surface area (Å²) in [5, 5.41) is 9.61. The number of aromatic amines is 1. The average molecular weight is 374 g/mol. The molecule has 0 aliphatic rings. The van der Waals surface area contributed by atoms with Crippen molar-refractivity contribution in [2.24, 2.45) is 0 Å². The average Bonchev–Trinajstić information content (AvgIpc) is 3.14. The van der Waals surface area contributed by atoms with Crippen LogP contribution in [0.5, 0.6) is 0 Å². The first-order chi connectivity index (χ1) is 12.3. The Balaban J connectivity index is 1.84. The molecule has 26 heavy (non-hydrogen) atoms. The molecule has 0 saturated heterocycles. The number of carbonyl (C=O) groups excluding carboxylic acids is 1. The number of nitrogens with zero attached hydrogens (tertiary/aromatic N) is 2. The molecule has 6 nitrogen and oxygen atoms in total. The third-order valence-electron chi connectivity index (χ3n) is 3.97. The van der Waals surface area contributed by atoms with Crippen molar-refractivity contribution in [3.05, 3.63) is 56.4 Å². The predicted octanol–water partition coefficient (Wildman–Crippen LogP) is 3.51. The van der Waals surface area contributed by atoms with Crippen LogP contribution in [-0.2, 0) is 11.3 Å². The maximum Gasteiger partial charge on any atom is 0.308 e. The molecule has 3 rings (SSSR count). The summed E-state index contributed by atoms with van der Waals surface area (Å²) in [5.74, 6) is -0.0229. The lowest BCUT2D eigenvalue weighted by Gasteiger charge is -2.09. The lowest BCUT2D eigenvalue weighted by atomic mass is 10.1. The zero-order valence-corrected chi connectivity index (χ0v) is 15.5. The van der Waals surface area contributed by atoms with Gasteiger partial charge in [-0.2, -0.15) is 5.10 Å². The van der Waals surface area contributed by atoms with E-state index in [-0.39, 0.29) is 29.1 Å². The number of aromatic nitrogens is 3. The van der Waals surface area contributed by atoms with Crippen LogP contribution in [0.25, 0.3) is 11.3 Å². The van der Waals surface area contributed by atoms with Gasteiger partial charge in [-0.15, -0.1) is 0 Å². The molecule has 2 N–H and O–H groups in total. The summed E-state index contributed by atoms with van der Waals surface area (Å²) >= 11 is 1.06. The minimum Gasteiger partial charge on any atom is -0.308 e. The Kier molecular flexibility index (Phi) is 5.03. The molecule has 3 aromatic rings. The van der Waals surface area contributed by atoms with Crippen LogP contribution < -0.4 is 10.2 Å². The van der Waals surface area contributed by atoms with Crippen LogP contribution in [0.4, 0.5) is 10.2 Å². The third-order valence-corrected chi connectivity index (χ3v) is 4.87. The van der Waals surface area contributed by atoms with Crippen LogP contribution in [0.3, 0.4) is 0 Å². The van der Waals surface area contributed by atoms with Crippen molar-refractivity contribution < 1.29 is 9.18 Å². The van der Waals surface area contributed by atoms with Crippen molar-refractivity contribution >= 4 is 23.1 Å². The van der Waals surface area contributed by atoms with E-state index in [0.717, 1.165) is 21.9 Å². The summed E-state index contributed by atoms with van der Waals surface area (Å²) in [5.41, 5.74) is 2.23. The molecular weight excluding hydrogens is 355 g/mol. The van der Waals surface area contributed by atoms with Gasteiger partial charge in [0.25, 0.3) is 0 Å². The van der Waals surface area contributed by atoms with Gasteiger partial charge >= 0.3 is 4.87 Å². The van der Waals surface area contributed by atoms with Crippen LogP contribution in [0, 0.1) is 12.7 Å². The van der Waals surface area contributed by atoms with Crippen molar-refractivity contribution in [1.82, 2.24) is 14.8 Å². The summed E-state index contributed by atoms with van der Waals surface area (Å²) in [6, 6.07) is 7.63. The van der Waals surface area contributed by atoms with E-state index >= 15 is 0 Å². The maximum absolute atomic E-state index is 13.2. The Morgan fingerprint density at radius 1 is 1.35 bits per heavy atom. The second-order valence-electron chi connectivity index (χ2n) is 6.28. The standard InChI is InChI=1S/C18H19FN4O2S/c1-10(2)14-8-15(22-21-14)20-16(24)9-23-17(11(3)26-18(23)25)12-4-6-13(19)7-5-12/h4-8,10H,9H2,1-3H3,(H2,20,21,22,24). The fourth-order valence-electron chi connectivity index (χ4n) is 2.65. The lowest BCUT2D eigenvalue weighted by molar-refractivity contribution is -0.116. The van der Waals surface area contributed by atoms with Crippen molar-refractivity contribution in [1.29, 1.82) is 0 Å². The van der Waals surface area contributed by atoms with E-state index in [1.165, 1.54) is 16.7 Å². The van der Waals surface area contributed by atoms with Gasteiger partial charge in [-0.1, -0.05) is 25.2 Å². The molecule has 0 aliphatic carbocycles. The van der Waals surface area contributed by atoms with Gasteiger partial charge in [-0.3, -0.25) is 19.3 Å². The number of thiazole rings is 1. The number of aryl methyl sites for hydroxylation is 1. The van der Waals surface area contributed by atoms with E-state index in [2.05, 4.69) is 15.5 Å². The van der Waals surface area contributed by atoms with Crippen molar-refractivity contribution in [2.75, 3.05) is 5.32 Å². The summed E-state index contributed by atoms with van der Waals surface area (Å²) in [6.07, 6.45) is 0. The molecule has 0 fully saturated rings. The Morgan fingerprint density at radius 3 is 2.65 bits per heavy atom. The molecule has 0 spiro atoms. The smallest absolute Gasteiger partial charge is 0.308 e. The van der Waals surface area contributed by atoms with E-state index in [1.54, 1.807) is 18.2 Å². The zero-order valence-electron chi connectivity index (χ0n) is 14.7. The first kappa shape index (κ1) is 18.1. The van der Waals surface area contributed by atoms with Gasteiger partial charge < -0.3 is 5.32 Å². The molecule has 2 heterocycles. The molecule has 0 atom stereocenters. The molecule has 1 aromatic carbocycles. The van der Waals surface area contributed by atoms with E-state index in [1.807, 2.05) is 20.8 Å². The summed E-state index contributed by atoms with van der Waals surface area (Å²) < 4.78 is 14.6. The quantitative estimate of drug-likeness (QED) is 0.717. The minimum atomic E-state index is -0.354. The largest absolute Gasteiger partial charge is 0.308 e. The van der Waals surface area contributed by atoms with Crippen LogP contribution in [0.2, 0.25) is 0 Å². The number of rotatable bonds is 5. The van der Waals surface area contributed by atoms with Gasteiger partial charge in [-0.05, 0) is 42.7 Å². The van der Waals surface area contributed by atoms with Crippen LogP contribution in [-0.4, -0.2) is 20.7 Å². The highest BCUT2D eigenvalue weighted by Crippen LogP contribution is 2.25. The third kappa shape index (κ3) is 3.75. The number of carbonyl (C=O) groups is 1. The number of hydrogen-bond donors (Lipinski definition) is 2. The fraction of sp³-hybridized carbons (Fsp3) is 0.278. The van der Waals surface area contributed by atoms with Crippen LogP contribution >= 0.6 is 11.3 Å². The molecule has 0 aliphatic heterocycles. The first-order valence-corrected chi connectivity index (χ1v) is 8.98. The predicted molar refractivity (Wildman–Crippen MR) is 100 cm³/mol. The van der Waals surface area contributed by atoms with E-state index in [0.29, 0.717) is 17.1 Å². The molecule has 136 valence electrons. The second-order valence-corrected chi connectivity index (χ2v) is 7.44. The highest BCUT2D eigenvalue weighted by Gasteiger charge is 2.17. The van der Waals surface area contributed by atoms with E-state index < -0.39 is 0 Å². The van der Waals surface area contributed by atoms with Gasteiger partial charge in [0.1, 0.15) is 12.4 Å². The molecule has 0 unspecified atom stereocenters. The zero-order chi connectivity index (χ0) is 18.8. The number of halogens is 1. The lowest BCUT2D eigenvalue weighted by Crippen LogP contribution is -2.25. The SMILES string of the molecule is Cc1sc(=O)n(CC(=O)Nc2cc(C(C)C)[nH]n2)c1-c1ccc(F)cc1. The Bertz CT molecular complexity index is 986. The first-order valence-electron chi connectivity index (χ1n) is 8.16. The van der Waals surface area contributed by atoms with Gasteiger partial charge in [0.05, 0.1) is 5.69 Å². The van der Waals surface area contributed by atoms with Crippen molar-refractivity contribution in [2.45, 2.75) is 33.2 Å². The highest BCUT2D eigenvalue weighted by atomic mass is 32.1. The molecule has 0 bridgehead atoms. The molecule has 0 radical (unpaired) electrons.